The van der Waals surface area contributed by atoms with Crippen LogP contribution in [0.4, 0.5) is 5.69 Å². The third kappa shape index (κ3) is 4.04. The largest absolute Gasteiger partial charge is 0.466 e. The van der Waals surface area contributed by atoms with Gasteiger partial charge in [0.1, 0.15) is 5.75 Å². The van der Waals surface area contributed by atoms with Crippen molar-refractivity contribution in [3.8, 4) is 5.75 Å². The predicted octanol–water partition coefficient (Wildman–Crippen LogP) is 3.00. The predicted molar refractivity (Wildman–Crippen MR) is 106 cm³/mol. The van der Waals surface area contributed by atoms with Crippen LogP contribution in [0.15, 0.2) is 71.3 Å². The van der Waals surface area contributed by atoms with Gasteiger partial charge in [0, 0.05) is 29.7 Å². The molecule has 1 aliphatic rings. The minimum Gasteiger partial charge on any atom is -0.466 e. The number of hydrogen-bond acceptors (Lipinski definition) is 8. The van der Waals surface area contributed by atoms with Crippen molar-refractivity contribution in [3.05, 3.63) is 87.0 Å². The first-order chi connectivity index (χ1) is 14.3. The molecular formula is C21H19N3O6. The standard InChI is InChI=1S/C21H19N3O6/c1-12-17(20(25)29-3)19(14-6-4-7-15(10-14)24(27)28)18(13(2)23-12)21(26)30-16-8-5-9-22-11-16/h4-11,19,23H,1-3H3. The van der Waals surface area contributed by atoms with Gasteiger partial charge in [-0.25, -0.2) is 9.59 Å². The number of carbonyl (C=O) groups is 2. The zero-order valence-electron chi connectivity index (χ0n) is 16.5. The van der Waals surface area contributed by atoms with Crippen molar-refractivity contribution < 1.29 is 24.0 Å². The van der Waals surface area contributed by atoms with Crippen LogP contribution in [-0.2, 0) is 14.3 Å². The molecule has 9 heteroatoms. The molecule has 2 aromatic rings. The Morgan fingerprint density at radius 2 is 1.80 bits per heavy atom. The van der Waals surface area contributed by atoms with E-state index in [1.54, 1.807) is 32.0 Å². The number of aromatic nitrogens is 1. The Hall–Kier alpha value is -4.01. The highest BCUT2D eigenvalue weighted by molar-refractivity contribution is 6.00. The molecule has 1 aromatic carbocycles. The molecule has 1 aliphatic heterocycles. The Balaban J connectivity index is 2.14. The lowest BCUT2D eigenvalue weighted by Gasteiger charge is -2.30. The van der Waals surface area contributed by atoms with Crippen LogP contribution in [0.25, 0.3) is 0 Å². The summed E-state index contributed by atoms with van der Waals surface area (Å²) in [5.41, 5.74) is 1.49. The maximum absolute atomic E-state index is 13.1. The maximum Gasteiger partial charge on any atom is 0.342 e. The van der Waals surface area contributed by atoms with Gasteiger partial charge in [-0.2, -0.15) is 0 Å². The molecule has 0 spiro atoms. The van der Waals surface area contributed by atoms with E-state index in [0.717, 1.165) is 0 Å². The molecule has 0 bridgehead atoms. The highest BCUT2D eigenvalue weighted by atomic mass is 16.6. The molecule has 1 atom stereocenters. The number of pyridine rings is 1. The fourth-order valence-electron chi connectivity index (χ4n) is 3.37. The smallest absolute Gasteiger partial charge is 0.342 e. The number of benzene rings is 1. The normalized spacial score (nSPS) is 16.0. The molecule has 0 radical (unpaired) electrons. The van der Waals surface area contributed by atoms with E-state index in [2.05, 4.69) is 10.3 Å². The zero-order chi connectivity index (χ0) is 21.8. The minimum atomic E-state index is -0.914. The van der Waals surface area contributed by atoms with Gasteiger partial charge in [-0.05, 0) is 31.5 Å². The van der Waals surface area contributed by atoms with Gasteiger partial charge < -0.3 is 14.8 Å². The minimum absolute atomic E-state index is 0.144. The van der Waals surface area contributed by atoms with Crippen molar-refractivity contribution in [2.45, 2.75) is 19.8 Å². The van der Waals surface area contributed by atoms with Crippen LogP contribution in [0.3, 0.4) is 0 Å². The van der Waals surface area contributed by atoms with Crippen molar-refractivity contribution in [2.75, 3.05) is 7.11 Å². The van der Waals surface area contributed by atoms with E-state index >= 15 is 0 Å². The summed E-state index contributed by atoms with van der Waals surface area (Å²) >= 11 is 0. The van der Waals surface area contributed by atoms with Crippen LogP contribution in [0.2, 0.25) is 0 Å². The lowest BCUT2D eigenvalue weighted by Crippen LogP contribution is -2.33. The van der Waals surface area contributed by atoms with Crippen LogP contribution in [-0.4, -0.2) is 29.0 Å². The van der Waals surface area contributed by atoms with Crippen LogP contribution in [0, 0.1) is 10.1 Å². The van der Waals surface area contributed by atoms with Crippen molar-refractivity contribution >= 4 is 17.6 Å². The molecule has 0 aliphatic carbocycles. The molecule has 1 N–H and O–H groups in total. The van der Waals surface area contributed by atoms with E-state index in [9.17, 15) is 19.7 Å². The number of nitro groups is 1. The Labute approximate surface area is 172 Å². The van der Waals surface area contributed by atoms with Crippen LogP contribution >= 0.6 is 0 Å². The molecule has 1 aromatic heterocycles. The molecule has 1 unspecified atom stereocenters. The van der Waals surface area contributed by atoms with Crippen LogP contribution in [0.1, 0.15) is 25.3 Å². The van der Waals surface area contributed by atoms with E-state index in [4.69, 9.17) is 9.47 Å². The number of allylic oxidation sites excluding steroid dienone is 2. The fraction of sp³-hybridized carbons (Fsp3) is 0.190. The summed E-state index contributed by atoms with van der Waals surface area (Å²) < 4.78 is 10.4. The number of hydrogen-bond donors (Lipinski definition) is 1. The van der Waals surface area contributed by atoms with Crippen LogP contribution in [0.5, 0.6) is 5.75 Å². The summed E-state index contributed by atoms with van der Waals surface area (Å²) in [6.45, 7) is 3.34. The number of nitrogens with one attached hydrogen (secondary N) is 1. The second-order valence-corrected chi connectivity index (χ2v) is 6.56. The maximum atomic E-state index is 13.1. The number of nitrogens with zero attached hydrogens (tertiary/aromatic N) is 2. The lowest BCUT2D eigenvalue weighted by molar-refractivity contribution is -0.384. The Morgan fingerprint density at radius 1 is 1.10 bits per heavy atom. The van der Waals surface area contributed by atoms with Crippen molar-refractivity contribution in [2.24, 2.45) is 0 Å². The third-order valence-corrected chi connectivity index (χ3v) is 4.64. The first kappa shape index (κ1) is 20.7. The van der Waals surface area contributed by atoms with Gasteiger partial charge in [0.25, 0.3) is 5.69 Å². The highest BCUT2D eigenvalue weighted by Crippen LogP contribution is 2.40. The van der Waals surface area contributed by atoms with Crippen molar-refractivity contribution in [1.82, 2.24) is 10.3 Å². The van der Waals surface area contributed by atoms with Gasteiger partial charge in [0.2, 0.25) is 0 Å². The summed E-state index contributed by atoms with van der Waals surface area (Å²) in [7, 11) is 1.23. The zero-order valence-corrected chi connectivity index (χ0v) is 16.5. The summed E-state index contributed by atoms with van der Waals surface area (Å²) in [5, 5.41) is 14.3. The van der Waals surface area contributed by atoms with Gasteiger partial charge in [-0.3, -0.25) is 15.1 Å². The molecule has 0 amide bonds. The number of esters is 2. The first-order valence-corrected chi connectivity index (χ1v) is 8.97. The number of dihydropyridines is 1. The fourth-order valence-corrected chi connectivity index (χ4v) is 3.37. The summed E-state index contributed by atoms with van der Waals surface area (Å²) in [6, 6.07) is 8.97. The molecule has 0 saturated carbocycles. The molecule has 3 rings (SSSR count). The first-order valence-electron chi connectivity index (χ1n) is 8.97. The highest BCUT2D eigenvalue weighted by Gasteiger charge is 2.38. The number of rotatable bonds is 5. The monoisotopic (exact) mass is 409 g/mol. The Kier molecular flexibility index (Phi) is 5.91. The molecule has 0 fully saturated rings. The van der Waals surface area contributed by atoms with Gasteiger partial charge in [0.05, 0.1) is 35.3 Å². The second kappa shape index (κ2) is 8.56. The van der Waals surface area contributed by atoms with Gasteiger partial charge in [0.15, 0.2) is 0 Å². The van der Waals surface area contributed by atoms with Gasteiger partial charge in [-0.15, -0.1) is 0 Å². The third-order valence-electron chi connectivity index (χ3n) is 4.64. The number of carbonyl (C=O) groups excluding carboxylic acids is 2. The summed E-state index contributed by atoms with van der Waals surface area (Å²) in [6.07, 6.45) is 2.92. The molecule has 2 heterocycles. The molecule has 154 valence electrons. The van der Waals surface area contributed by atoms with E-state index in [1.807, 2.05) is 0 Å². The molecule has 0 saturated heterocycles. The average molecular weight is 409 g/mol. The lowest BCUT2D eigenvalue weighted by atomic mass is 9.80. The molecular weight excluding hydrogens is 390 g/mol. The number of ether oxygens (including phenoxy) is 2. The average Bonchev–Trinajstić information content (AvgIpc) is 2.73. The van der Waals surface area contributed by atoms with E-state index in [1.165, 1.54) is 37.7 Å². The summed E-state index contributed by atoms with van der Waals surface area (Å²) in [5.74, 6) is -2.05. The number of non-ortho nitro benzene ring substituents is 1. The van der Waals surface area contributed by atoms with Gasteiger partial charge in [-0.1, -0.05) is 12.1 Å². The van der Waals surface area contributed by atoms with Gasteiger partial charge >= 0.3 is 11.9 Å². The van der Waals surface area contributed by atoms with Crippen molar-refractivity contribution in [3.63, 3.8) is 0 Å². The number of nitro benzene ring substituents is 1. The van der Waals surface area contributed by atoms with E-state index < -0.39 is 22.8 Å². The number of methoxy groups -OCH3 is 1. The van der Waals surface area contributed by atoms with E-state index in [0.29, 0.717) is 17.0 Å². The van der Waals surface area contributed by atoms with Crippen LogP contribution < -0.4 is 10.1 Å². The Bertz CT molecular complexity index is 1080. The summed E-state index contributed by atoms with van der Waals surface area (Å²) in [4.78, 5) is 40.3. The Morgan fingerprint density at radius 3 is 2.40 bits per heavy atom. The van der Waals surface area contributed by atoms with Crippen molar-refractivity contribution in [1.29, 1.82) is 0 Å². The quantitative estimate of drug-likeness (QED) is 0.454. The molecule has 30 heavy (non-hydrogen) atoms. The SMILES string of the molecule is COC(=O)C1=C(C)NC(C)=C(C(=O)Oc2cccnc2)C1c1cccc([N+](=O)[O-])c1. The molecule has 9 nitrogen and oxygen atoms in total. The topological polar surface area (TPSA) is 121 Å². The van der Waals surface area contributed by atoms with E-state index in [-0.39, 0.29) is 22.6 Å². The second-order valence-electron chi connectivity index (χ2n) is 6.56.